The number of aliphatic carboxylic acids is 1. The van der Waals surface area contributed by atoms with Crippen LogP contribution in [0.2, 0.25) is 5.02 Å². The van der Waals surface area contributed by atoms with Crippen LogP contribution in [0.25, 0.3) is 0 Å². The Morgan fingerprint density at radius 1 is 1.45 bits per heavy atom. The van der Waals surface area contributed by atoms with Crippen molar-refractivity contribution in [1.29, 1.82) is 0 Å². The predicted octanol–water partition coefficient (Wildman–Crippen LogP) is 3.76. The minimum Gasteiger partial charge on any atom is -0.480 e. The van der Waals surface area contributed by atoms with E-state index in [4.69, 9.17) is 16.7 Å². The Morgan fingerprint density at radius 2 is 2.10 bits per heavy atom. The molecule has 0 aliphatic heterocycles. The predicted molar refractivity (Wildman–Crippen MR) is 81.7 cm³/mol. The van der Waals surface area contributed by atoms with Crippen LogP contribution < -0.4 is 4.90 Å². The lowest BCUT2D eigenvalue weighted by Crippen LogP contribution is -2.32. The summed E-state index contributed by atoms with van der Waals surface area (Å²) in [6.45, 7) is 3.80. The highest BCUT2D eigenvalue weighted by atomic mass is 35.5. The number of aryl methyl sites for hydroxylation is 1. The number of aromatic nitrogens is 1. The molecule has 0 saturated carbocycles. The SMILES string of the molecule is Cc1nc(C(C)N(CC(=O)O)c2ccc(Cl)cc2)cs1. The third-order valence-electron chi connectivity index (χ3n) is 3.00. The molecule has 0 saturated heterocycles. The van der Waals surface area contributed by atoms with Crippen molar-refractivity contribution in [2.75, 3.05) is 11.4 Å². The first kappa shape index (κ1) is 14.8. The van der Waals surface area contributed by atoms with E-state index in [1.54, 1.807) is 28.4 Å². The molecule has 0 aliphatic rings. The topological polar surface area (TPSA) is 53.4 Å². The fourth-order valence-corrected chi connectivity index (χ4v) is 2.79. The summed E-state index contributed by atoms with van der Waals surface area (Å²) in [5.41, 5.74) is 1.69. The van der Waals surface area contributed by atoms with Gasteiger partial charge in [0.2, 0.25) is 0 Å². The number of hydrogen-bond acceptors (Lipinski definition) is 4. The second-order valence-electron chi connectivity index (χ2n) is 4.47. The maximum absolute atomic E-state index is 11.1. The normalized spacial score (nSPS) is 12.2. The van der Waals surface area contributed by atoms with E-state index in [0.29, 0.717) is 5.02 Å². The maximum Gasteiger partial charge on any atom is 0.323 e. The molecule has 0 spiro atoms. The molecule has 1 aromatic carbocycles. The first-order chi connectivity index (χ1) is 9.47. The number of rotatable bonds is 5. The van der Waals surface area contributed by atoms with Crippen molar-refractivity contribution < 1.29 is 9.90 Å². The van der Waals surface area contributed by atoms with Crippen molar-refractivity contribution in [1.82, 2.24) is 4.98 Å². The number of nitrogens with zero attached hydrogens (tertiary/aromatic N) is 2. The molecule has 0 radical (unpaired) electrons. The van der Waals surface area contributed by atoms with E-state index < -0.39 is 5.97 Å². The molecule has 1 N–H and O–H groups in total. The smallest absolute Gasteiger partial charge is 0.323 e. The molecule has 1 heterocycles. The molecule has 0 aliphatic carbocycles. The van der Waals surface area contributed by atoms with E-state index in [2.05, 4.69) is 4.98 Å². The number of carboxylic acids is 1. The third-order valence-corrected chi connectivity index (χ3v) is 4.04. The largest absolute Gasteiger partial charge is 0.480 e. The zero-order valence-corrected chi connectivity index (χ0v) is 12.8. The van der Waals surface area contributed by atoms with Crippen molar-refractivity contribution in [2.45, 2.75) is 19.9 Å². The lowest BCUT2D eigenvalue weighted by molar-refractivity contribution is -0.135. The van der Waals surface area contributed by atoms with Gasteiger partial charge in [0.15, 0.2) is 0 Å². The van der Waals surface area contributed by atoms with Gasteiger partial charge in [0.25, 0.3) is 0 Å². The Morgan fingerprint density at radius 3 is 2.60 bits per heavy atom. The third kappa shape index (κ3) is 3.49. The van der Waals surface area contributed by atoms with Crippen LogP contribution in [0, 0.1) is 6.92 Å². The van der Waals surface area contributed by atoms with Gasteiger partial charge in [0.05, 0.1) is 16.7 Å². The Labute approximate surface area is 126 Å². The molecule has 1 unspecified atom stereocenters. The zero-order valence-electron chi connectivity index (χ0n) is 11.2. The van der Waals surface area contributed by atoms with E-state index in [-0.39, 0.29) is 12.6 Å². The molecule has 1 aromatic heterocycles. The average molecular weight is 311 g/mol. The van der Waals surface area contributed by atoms with Gasteiger partial charge in [0.1, 0.15) is 6.54 Å². The summed E-state index contributed by atoms with van der Waals surface area (Å²) < 4.78 is 0. The molecular weight excluding hydrogens is 296 g/mol. The quantitative estimate of drug-likeness (QED) is 0.913. The van der Waals surface area contributed by atoms with Gasteiger partial charge in [-0.15, -0.1) is 11.3 Å². The summed E-state index contributed by atoms with van der Waals surface area (Å²) in [5.74, 6) is -0.876. The number of carboxylic acid groups (broad SMARTS) is 1. The van der Waals surface area contributed by atoms with Gasteiger partial charge in [-0.25, -0.2) is 4.98 Å². The molecule has 2 aromatic rings. The van der Waals surface area contributed by atoms with E-state index in [9.17, 15) is 4.79 Å². The minimum absolute atomic E-state index is 0.0840. The van der Waals surface area contributed by atoms with E-state index in [1.807, 2.05) is 31.4 Å². The van der Waals surface area contributed by atoms with Crippen molar-refractivity contribution in [3.8, 4) is 0 Å². The summed E-state index contributed by atoms with van der Waals surface area (Å²) in [7, 11) is 0. The Hall–Kier alpha value is -1.59. The van der Waals surface area contributed by atoms with Crippen LogP contribution in [0.5, 0.6) is 0 Å². The van der Waals surface area contributed by atoms with Crippen LogP contribution in [0.1, 0.15) is 23.7 Å². The minimum atomic E-state index is -0.876. The molecule has 20 heavy (non-hydrogen) atoms. The van der Waals surface area contributed by atoms with Crippen LogP contribution in [0.3, 0.4) is 0 Å². The molecule has 0 amide bonds. The van der Waals surface area contributed by atoms with Gasteiger partial charge in [-0.3, -0.25) is 4.79 Å². The standard InChI is InChI=1S/C14H15ClN2O2S/c1-9(13-8-20-10(2)16-13)17(7-14(18)19)12-5-3-11(15)4-6-12/h3-6,8-9H,7H2,1-2H3,(H,18,19). The Balaban J connectivity index is 2.31. The molecule has 6 heteroatoms. The van der Waals surface area contributed by atoms with E-state index in [0.717, 1.165) is 16.4 Å². The Kier molecular flexibility index (Phi) is 4.62. The zero-order chi connectivity index (χ0) is 14.7. The van der Waals surface area contributed by atoms with E-state index in [1.165, 1.54) is 0 Å². The molecule has 2 rings (SSSR count). The van der Waals surface area contributed by atoms with Crippen molar-refractivity contribution in [2.24, 2.45) is 0 Å². The molecule has 0 bridgehead atoms. The maximum atomic E-state index is 11.1. The summed E-state index contributed by atoms with van der Waals surface area (Å²) in [6.07, 6.45) is 0. The fraction of sp³-hybridized carbons (Fsp3) is 0.286. The summed E-state index contributed by atoms with van der Waals surface area (Å²) in [4.78, 5) is 17.3. The van der Waals surface area contributed by atoms with Gasteiger partial charge < -0.3 is 10.0 Å². The van der Waals surface area contributed by atoms with Crippen LogP contribution in [-0.4, -0.2) is 22.6 Å². The molecule has 4 nitrogen and oxygen atoms in total. The molecule has 1 atom stereocenters. The van der Waals surface area contributed by atoms with Gasteiger partial charge in [-0.1, -0.05) is 11.6 Å². The fourth-order valence-electron chi connectivity index (χ4n) is 1.96. The highest BCUT2D eigenvalue weighted by molar-refractivity contribution is 7.09. The number of carbonyl (C=O) groups is 1. The highest BCUT2D eigenvalue weighted by Gasteiger charge is 2.21. The number of hydrogen-bond donors (Lipinski definition) is 1. The number of benzene rings is 1. The second kappa shape index (κ2) is 6.24. The Bertz CT molecular complexity index is 597. The van der Waals surface area contributed by atoms with Gasteiger partial charge in [-0.05, 0) is 38.1 Å². The first-order valence-electron chi connectivity index (χ1n) is 6.13. The van der Waals surface area contributed by atoms with Gasteiger partial charge >= 0.3 is 5.97 Å². The van der Waals surface area contributed by atoms with Crippen LogP contribution in [0.15, 0.2) is 29.6 Å². The first-order valence-corrected chi connectivity index (χ1v) is 7.39. The number of anilines is 1. The number of thiazole rings is 1. The lowest BCUT2D eigenvalue weighted by atomic mass is 10.2. The van der Waals surface area contributed by atoms with Crippen LogP contribution in [-0.2, 0) is 4.79 Å². The van der Waals surface area contributed by atoms with Crippen molar-refractivity contribution >= 4 is 34.6 Å². The summed E-state index contributed by atoms with van der Waals surface area (Å²) >= 11 is 7.44. The molecular formula is C14H15ClN2O2S. The summed E-state index contributed by atoms with van der Waals surface area (Å²) in [6, 6.07) is 7.04. The van der Waals surface area contributed by atoms with E-state index >= 15 is 0 Å². The van der Waals surface area contributed by atoms with Crippen molar-refractivity contribution in [3.63, 3.8) is 0 Å². The second-order valence-corrected chi connectivity index (χ2v) is 5.96. The molecule has 0 fully saturated rings. The van der Waals surface area contributed by atoms with Crippen LogP contribution >= 0.6 is 22.9 Å². The molecule has 106 valence electrons. The van der Waals surface area contributed by atoms with Crippen LogP contribution in [0.4, 0.5) is 5.69 Å². The summed E-state index contributed by atoms with van der Waals surface area (Å²) in [5, 5.41) is 12.7. The number of halogens is 1. The average Bonchev–Trinajstić information content (AvgIpc) is 2.83. The van der Waals surface area contributed by atoms with Gasteiger partial charge in [0, 0.05) is 16.1 Å². The van der Waals surface area contributed by atoms with Gasteiger partial charge in [-0.2, -0.15) is 0 Å². The lowest BCUT2D eigenvalue weighted by Gasteiger charge is -2.28. The van der Waals surface area contributed by atoms with Crippen molar-refractivity contribution in [3.05, 3.63) is 45.4 Å². The monoisotopic (exact) mass is 310 g/mol. The highest BCUT2D eigenvalue weighted by Crippen LogP contribution is 2.28.